The summed E-state index contributed by atoms with van der Waals surface area (Å²) in [5.41, 5.74) is -0.797. The number of carbonyl (C=O) groups is 3. The Hall–Kier alpha value is -2.77. The number of ether oxygens (including phenoxy) is 3. The number of fused-ring (bicyclic) bond motifs is 1. The van der Waals surface area contributed by atoms with E-state index in [0.717, 1.165) is 24.2 Å². The zero-order valence-electron chi connectivity index (χ0n) is 14.5. The highest BCUT2D eigenvalue weighted by Gasteiger charge is 2.55. The molecule has 0 atom stereocenters. The number of urea groups is 1. The lowest BCUT2D eigenvalue weighted by Crippen LogP contribution is -2.49. The van der Waals surface area contributed by atoms with E-state index in [-0.39, 0.29) is 18.4 Å². The van der Waals surface area contributed by atoms with Crippen molar-refractivity contribution in [2.75, 3.05) is 20.4 Å². The number of benzene rings is 1. The number of likely N-dealkylation sites (N-methyl/N-ethyl adjacent to an activating group) is 1. The Bertz CT molecular complexity index is 771. The monoisotopic (exact) mass is 360 g/mol. The van der Waals surface area contributed by atoms with Gasteiger partial charge in [0.2, 0.25) is 6.79 Å². The number of hydrogen-bond donors (Lipinski definition) is 0. The van der Waals surface area contributed by atoms with Gasteiger partial charge in [0, 0.05) is 13.1 Å². The highest BCUT2D eigenvalue weighted by Crippen LogP contribution is 2.39. The van der Waals surface area contributed by atoms with E-state index in [1.165, 1.54) is 4.90 Å². The summed E-state index contributed by atoms with van der Waals surface area (Å²) >= 11 is 0. The van der Waals surface area contributed by atoms with Gasteiger partial charge in [0.25, 0.3) is 5.91 Å². The Morgan fingerprint density at radius 2 is 1.88 bits per heavy atom. The summed E-state index contributed by atoms with van der Waals surface area (Å²) < 4.78 is 15.7. The van der Waals surface area contributed by atoms with Crippen LogP contribution in [-0.2, 0) is 9.59 Å². The van der Waals surface area contributed by atoms with Gasteiger partial charge in [-0.1, -0.05) is 19.3 Å². The van der Waals surface area contributed by atoms with Gasteiger partial charge in [0.1, 0.15) is 17.8 Å². The molecule has 26 heavy (non-hydrogen) atoms. The third kappa shape index (κ3) is 2.56. The number of nitrogens with zero attached hydrogens (tertiary/aromatic N) is 2. The summed E-state index contributed by atoms with van der Waals surface area (Å²) in [6.45, 7) is -0.282. The molecule has 2 fully saturated rings. The molecule has 8 nitrogen and oxygen atoms in total. The predicted molar refractivity (Wildman–Crippen MR) is 88.9 cm³/mol. The minimum Gasteiger partial charge on any atom is -0.454 e. The van der Waals surface area contributed by atoms with Crippen molar-refractivity contribution >= 4 is 17.9 Å². The smallest absolute Gasteiger partial charge is 0.331 e. The summed E-state index contributed by atoms with van der Waals surface area (Å²) in [6.07, 6.45) is 4.14. The largest absolute Gasteiger partial charge is 0.454 e. The van der Waals surface area contributed by atoms with Gasteiger partial charge in [-0.25, -0.2) is 9.59 Å². The van der Waals surface area contributed by atoms with Crippen LogP contribution < -0.4 is 14.2 Å². The Balaban J connectivity index is 1.45. The van der Waals surface area contributed by atoms with Crippen molar-refractivity contribution in [2.24, 2.45) is 0 Å². The van der Waals surface area contributed by atoms with Crippen LogP contribution in [0.25, 0.3) is 0 Å². The van der Waals surface area contributed by atoms with E-state index in [1.807, 2.05) is 0 Å². The van der Waals surface area contributed by atoms with Gasteiger partial charge in [-0.15, -0.1) is 0 Å². The fourth-order valence-corrected chi connectivity index (χ4v) is 3.90. The predicted octanol–water partition coefficient (Wildman–Crippen LogP) is 1.92. The van der Waals surface area contributed by atoms with E-state index < -0.39 is 24.1 Å². The van der Waals surface area contributed by atoms with E-state index in [0.29, 0.717) is 24.3 Å². The van der Waals surface area contributed by atoms with Crippen LogP contribution in [0.1, 0.15) is 32.1 Å². The van der Waals surface area contributed by atoms with Crippen molar-refractivity contribution in [3.05, 3.63) is 18.2 Å². The molecular formula is C18H20N2O6. The van der Waals surface area contributed by atoms with Crippen LogP contribution in [0.15, 0.2) is 18.2 Å². The lowest BCUT2D eigenvalue weighted by Gasteiger charge is -2.35. The van der Waals surface area contributed by atoms with Crippen LogP contribution in [0.5, 0.6) is 17.2 Å². The number of rotatable bonds is 3. The third-order valence-corrected chi connectivity index (χ3v) is 5.35. The average molecular weight is 360 g/mol. The molecule has 4 rings (SSSR count). The Kier molecular flexibility index (Phi) is 3.97. The Morgan fingerprint density at radius 3 is 2.65 bits per heavy atom. The molecule has 1 saturated carbocycles. The zero-order chi connectivity index (χ0) is 18.3. The van der Waals surface area contributed by atoms with Gasteiger partial charge >= 0.3 is 12.0 Å². The SMILES string of the molecule is CN1C(=O)N(CC(=O)Oc2ccc3c(c2)OCO3)C(=O)C12CCCCC2. The number of amides is 3. The normalized spacial score (nSPS) is 20.8. The highest BCUT2D eigenvalue weighted by atomic mass is 16.7. The maximum Gasteiger partial charge on any atom is 0.331 e. The van der Waals surface area contributed by atoms with Crippen molar-refractivity contribution in [3.8, 4) is 17.2 Å². The van der Waals surface area contributed by atoms with Crippen LogP contribution in [-0.4, -0.2) is 53.6 Å². The van der Waals surface area contributed by atoms with Crippen molar-refractivity contribution in [3.63, 3.8) is 0 Å². The van der Waals surface area contributed by atoms with Gasteiger partial charge in [-0.2, -0.15) is 0 Å². The fraction of sp³-hybridized carbons (Fsp3) is 0.500. The number of esters is 1. The standard InChI is InChI=1S/C18H20N2O6/c1-19-17(23)20(16(22)18(19)7-3-2-4-8-18)10-15(21)26-12-5-6-13-14(9-12)25-11-24-13/h5-6,9H,2-4,7-8,10-11H2,1H3. The first-order chi connectivity index (χ1) is 12.5. The molecule has 3 aliphatic rings. The molecular weight excluding hydrogens is 340 g/mol. The van der Waals surface area contributed by atoms with Crippen LogP contribution in [0, 0.1) is 0 Å². The van der Waals surface area contributed by atoms with Crippen molar-refractivity contribution in [1.82, 2.24) is 9.80 Å². The highest BCUT2D eigenvalue weighted by molar-refractivity contribution is 6.08. The molecule has 0 aromatic heterocycles. The van der Waals surface area contributed by atoms with Crippen LogP contribution in [0.2, 0.25) is 0 Å². The summed E-state index contributed by atoms with van der Waals surface area (Å²) in [4.78, 5) is 40.1. The zero-order valence-corrected chi connectivity index (χ0v) is 14.5. The molecule has 1 spiro atoms. The van der Waals surface area contributed by atoms with Gasteiger partial charge in [0.15, 0.2) is 11.5 Å². The van der Waals surface area contributed by atoms with Gasteiger partial charge in [0.05, 0.1) is 0 Å². The van der Waals surface area contributed by atoms with Crippen LogP contribution in [0.4, 0.5) is 4.79 Å². The van der Waals surface area contributed by atoms with E-state index in [2.05, 4.69) is 0 Å². The summed E-state index contributed by atoms with van der Waals surface area (Å²) in [5.74, 6) is 0.373. The quantitative estimate of drug-likeness (QED) is 0.465. The second-order valence-electron chi connectivity index (χ2n) is 6.81. The van der Waals surface area contributed by atoms with Crippen molar-refractivity contribution in [1.29, 1.82) is 0 Å². The summed E-state index contributed by atoms with van der Waals surface area (Å²) in [7, 11) is 1.63. The molecule has 1 saturated heterocycles. The first-order valence-electron chi connectivity index (χ1n) is 8.71. The fourth-order valence-electron chi connectivity index (χ4n) is 3.90. The summed E-state index contributed by atoms with van der Waals surface area (Å²) in [5, 5.41) is 0. The van der Waals surface area contributed by atoms with E-state index in [1.54, 1.807) is 25.2 Å². The second kappa shape index (κ2) is 6.19. The van der Waals surface area contributed by atoms with Gasteiger partial charge < -0.3 is 19.1 Å². The topological polar surface area (TPSA) is 85.4 Å². The maximum atomic E-state index is 12.9. The Morgan fingerprint density at radius 1 is 1.15 bits per heavy atom. The first-order valence-corrected chi connectivity index (χ1v) is 8.71. The second-order valence-corrected chi connectivity index (χ2v) is 6.81. The minimum absolute atomic E-state index is 0.123. The minimum atomic E-state index is -0.797. The molecule has 1 aromatic carbocycles. The molecule has 0 radical (unpaired) electrons. The molecule has 1 aliphatic carbocycles. The molecule has 8 heteroatoms. The van der Waals surface area contributed by atoms with Crippen LogP contribution >= 0.6 is 0 Å². The lowest BCUT2D eigenvalue weighted by molar-refractivity contribution is -0.142. The summed E-state index contributed by atoms with van der Waals surface area (Å²) in [6, 6.07) is 4.32. The number of carbonyl (C=O) groups excluding carboxylic acids is 3. The molecule has 2 aliphatic heterocycles. The molecule has 0 N–H and O–H groups in total. The molecule has 138 valence electrons. The molecule has 0 unspecified atom stereocenters. The average Bonchev–Trinajstić information content (AvgIpc) is 3.17. The van der Waals surface area contributed by atoms with Gasteiger partial charge in [-0.05, 0) is 25.0 Å². The molecule has 0 bridgehead atoms. The van der Waals surface area contributed by atoms with E-state index >= 15 is 0 Å². The lowest BCUT2D eigenvalue weighted by atomic mass is 9.81. The maximum absolute atomic E-state index is 12.9. The number of hydrogen-bond acceptors (Lipinski definition) is 6. The molecule has 2 heterocycles. The van der Waals surface area contributed by atoms with Crippen LogP contribution in [0.3, 0.4) is 0 Å². The van der Waals surface area contributed by atoms with Gasteiger partial charge in [-0.3, -0.25) is 9.69 Å². The Labute approximate surface area is 150 Å². The van der Waals surface area contributed by atoms with Crippen molar-refractivity contribution < 1.29 is 28.6 Å². The number of imide groups is 1. The van der Waals surface area contributed by atoms with Crippen molar-refractivity contribution in [2.45, 2.75) is 37.6 Å². The first kappa shape index (κ1) is 16.7. The van der Waals surface area contributed by atoms with E-state index in [9.17, 15) is 14.4 Å². The molecule has 3 amide bonds. The van der Waals surface area contributed by atoms with E-state index in [4.69, 9.17) is 14.2 Å². The third-order valence-electron chi connectivity index (χ3n) is 5.35. The molecule has 1 aromatic rings.